The largest absolute Gasteiger partial charge is 0.433 e. The highest BCUT2D eigenvalue weighted by Crippen LogP contribution is 2.32. The van der Waals surface area contributed by atoms with E-state index in [1.54, 1.807) is 0 Å². The Balaban J connectivity index is 1.96. The van der Waals surface area contributed by atoms with Gasteiger partial charge in [-0.3, -0.25) is 9.78 Å². The van der Waals surface area contributed by atoms with E-state index >= 15 is 0 Å². The van der Waals surface area contributed by atoms with E-state index in [9.17, 15) is 18.0 Å². The van der Waals surface area contributed by atoms with Crippen molar-refractivity contribution in [3.63, 3.8) is 0 Å². The van der Waals surface area contributed by atoms with Crippen LogP contribution >= 0.6 is 0 Å². The molecular weight excluding hydrogens is 347 g/mol. The summed E-state index contributed by atoms with van der Waals surface area (Å²) in [6.07, 6.45) is 1.29. The molecule has 0 aromatic carbocycles. The summed E-state index contributed by atoms with van der Waals surface area (Å²) in [5.74, 6) is -0.924. The second kappa shape index (κ2) is 7.27. The molecule has 2 aromatic rings. The van der Waals surface area contributed by atoms with Crippen molar-refractivity contribution in [1.82, 2.24) is 15.0 Å². The molecule has 138 valence electrons. The van der Waals surface area contributed by atoms with E-state index < -0.39 is 23.7 Å². The predicted octanol–water partition coefficient (Wildman–Crippen LogP) is 3.01. The first-order valence-electron chi connectivity index (χ1n) is 8.27. The lowest BCUT2D eigenvalue weighted by Crippen LogP contribution is -2.40. The van der Waals surface area contributed by atoms with Crippen LogP contribution in [0.25, 0.3) is 11.4 Å². The monoisotopic (exact) mass is 365 g/mol. The molecule has 0 aliphatic heterocycles. The van der Waals surface area contributed by atoms with Gasteiger partial charge in [0.1, 0.15) is 5.82 Å². The summed E-state index contributed by atoms with van der Waals surface area (Å²) in [4.78, 5) is 23.3. The van der Waals surface area contributed by atoms with Gasteiger partial charge in [-0.05, 0) is 25.0 Å². The van der Waals surface area contributed by atoms with Crippen LogP contribution in [0.5, 0.6) is 0 Å². The normalized spacial score (nSPS) is 20.6. The van der Waals surface area contributed by atoms with Gasteiger partial charge >= 0.3 is 6.18 Å². The minimum Gasteiger partial charge on any atom is -0.369 e. The van der Waals surface area contributed by atoms with Crippen molar-refractivity contribution >= 4 is 11.7 Å². The van der Waals surface area contributed by atoms with Crippen LogP contribution in [-0.2, 0) is 11.0 Å². The summed E-state index contributed by atoms with van der Waals surface area (Å²) in [5, 5.41) is 2.97. The number of pyridine rings is 1. The topological polar surface area (TPSA) is 93.8 Å². The van der Waals surface area contributed by atoms with Gasteiger partial charge in [-0.2, -0.15) is 13.2 Å². The maximum Gasteiger partial charge on any atom is 0.433 e. The van der Waals surface area contributed by atoms with Crippen molar-refractivity contribution in [2.45, 2.75) is 37.9 Å². The number of carbonyl (C=O) groups is 1. The highest BCUT2D eigenvalue weighted by molar-refractivity contribution is 5.78. The summed E-state index contributed by atoms with van der Waals surface area (Å²) >= 11 is 0. The molecule has 1 aliphatic rings. The number of rotatable bonds is 4. The highest BCUT2D eigenvalue weighted by Gasteiger charge is 2.35. The average Bonchev–Trinajstić information content (AvgIpc) is 2.62. The van der Waals surface area contributed by atoms with Gasteiger partial charge in [0.05, 0.1) is 5.92 Å². The molecule has 2 atom stereocenters. The van der Waals surface area contributed by atoms with Crippen molar-refractivity contribution in [1.29, 1.82) is 0 Å². The van der Waals surface area contributed by atoms with Crippen LogP contribution < -0.4 is 11.1 Å². The van der Waals surface area contributed by atoms with Gasteiger partial charge in [0, 0.05) is 30.1 Å². The third-order valence-electron chi connectivity index (χ3n) is 4.42. The van der Waals surface area contributed by atoms with Crippen LogP contribution in [0, 0.1) is 5.92 Å². The number of hydrogen-bond acceptors (Lipinski definition) is 5. The number of alkyl halides is 3. The Morgan fingerprint density at radius 3 is 2.50 bits per heavy atom. The Kier molecular flexibility index (Phi) is 5.06. The van der Waals surface area contributed by atoms with Gasteiger partial charge < -0.3 is 11.1 Å². The lowest BCUT2D eigenvalue weighted by atomic mass is 9.84. The zero-order valence-corrected chi connectivity index (χ0v) is 13.8. The van der Waals surface area contributed by atoms with Gasteiger partial charge in [-0.1, -0.05) is 12.8 Å². The third kappa shape index (κ3) is 4.09. The SMILES string of the molecule is NC(=O)C1CCCCC1Nc1cc(C(F)(F)F)nc(-c2ccncc2)n1. The number of hydrogen-bond donors (Lipinski definition) is 2. The maximum atomic E-state index is 13.2. The second-order valence-corrected chi connectivity index (χ2v) is 6.24. The molecule has 0 saturated heterocycles. The minimum atomic E-state index is -4.61. The van der Waals surface area contributed by atoms with Crippen molar-refractivity contribution < 1.29 is 18.0 Å². The summed E-state index contributed by atoms with van der Waals surface area (Å²) in [6.45, 7) is 0. The lowest BCUT2D eigenvalue weighted by Gasteiger charge is -2.30. The van der Waals surface area contributed by atoms with E-state index in [0.717, 1.165) is 18.9 Å². The number of amides is 1. The molecule has 0 radical (unpaired) electrons. The first-order chi connectivity index (χ1) is 12.3. The molecule has 3 rings (SSSR count). The Morgan fingerprint density at radius 1 is 1.15 bits per heavy atom. The lowest BCUT2D eigenvalue weighted by molar-refractivity contribution is -0.141. The van der Waals surface area contributed by atoms with Gasteiger partial charge in [0.25, 0.3) is 0 Å². The number of anilines is 1. The number of nitrogens with two attached hydrogens (primary N) is 1. The first kappa shape index (κ1) is 18.1. The molecule has 0 bridgehead atoms. The number of nitrogens with zero attached hydrogens (tertiary/aromatic N) is 3. The first-order valence-corrected chi connectivity index (χ1v) is 8.27. The highest BCUT2D eigenvalue weighted by atomic mass is 19.4. The van der Waals surface area contributed by atoms with Crippen molar-refractivity contribution in [2.24, 2.45) is 11.7 Å². The molecule has 1 fully saturated rings. The van der Waals surface area contributed by atoms with Gasteiger partial charge in [0.2, 0.25) is 5.91 Å². The fraction of sp³-hybridized carbons (Fsp3) is 0.412. The zero-order chi connectivity index (χ0) is 18.7. The maximum absolute atomic E-state index is 13.2. The van der Waals surface area contributed by atoms with Crippen LogP contribution in [0.2, 0.25) is 0 Å². The molecule has 1 amide bonds. The molecule has 26 heavy (non-hydrogen) atoms. The van der Waals surface area contributed by atoms with Crippen molar-refractivity contribution in [2.75, 3.05) is 5.32 Å². The second-order valence-electron chi connectivity index (χ2n) is 6.24. The Bertz CT molecular complexity index is 782. The van der Waals surface area contributed by atoms with E-state index in [0.29, 0.717) is 18.4 Å². The number of nitrogens with one attached hydrogen (secondary N) is 1. The fourth-order valence-corrected chi connectivity index (χ4v) is 3.13. The summed E-state index contributed by atoms with van der Waals surface area (Å²) in [6, 6.07) is 3.58. The van der Waals surface area contributed by atoms with Gasteiger partial charge in [0.15, 0.2) is 11.5 Å². The van der Waals surface area contributed by atoms with Crippen LogP contribution in [-0.4, -0.2) is 26.9 Å². The molecule has 1 saturated carbocycles. The Morgan fingerprint density at radius 2 is 1.85 bits per heavy atom. The zero-order valence-electron chi connectivity index (χ0n) is 13.8. The third-order valence-corrected chi connectivity index (χ3v) is 4.42. The Labute approximate surface area is 148 Å². The molecule has 3 N–H and O–H groups in total. The molecule has 9 heteroatoms. The van der Waals surface area contributed by atoms with Crippen LogP contribution in [0.1, 0.15) is 31.4 Å². The van der Waals surface area contributed by atoms with E-state index in [1.165, 1.54) is 24.5 Å². The number of carbonyl (C=O) groups excluding carboxylic acids is 1. The van der Waals surface area contributed by atoms with Crippen molar-refractivity contribution in [3.8, 4) is 11.4 Å². The molecule has 2 unspecified atom stereocenters. The fourth-order valence-electron chi connectivity index (χ4n) is 3.13. The van der Waals surface area contributed by atoms with E-state index in [2.05, 4.69) is 20.3 Å². The summed E-state index contributed by atoms with van der Waals surface area (Å²) in [5.41, 5.74) is 4.81. The molecular formula is C17H18F3N5O. The molecule has 2 aromatic heterocycles. The minimum absolute atomic E-state index is 0.0253. The van der Waals surface area contributed by atoms with Crippen LogP contribution in [0.3, 0.4) is 0 Å². The average molecular weight is 365 g/mol. The quantitative estimate of drug-likeness (QED) is 0.869. The molecule has 1 aliphatic carbocycles. The summed E-state index contributed by atoms with van der Waals surface area (Å²) in [7, 11) is 0. The predicted molar refractivity (Wildman–Crippen MR) is 88.8 cm³/mol. The standard InChI is InChI=1S/C17H18F3N5O/c18-17(19,20)13-9-14(23-12-4-2-1-3-11(12)15(21)26)25-16(24-13)10-5-7-22-8-6-10/h5-9,11-12H,1-4H2,(H2,21,26)(H,23,24,25). The number of aromatic nitrogens is 3. The van der Waals surface area contributed by atoms with Crippen LogP contribution in [0.4, 0.5) is 19.0 Å². The molecule has 6 nitrogen and oxygen atoms in total. The van der Waals surface area contributed by atoms with Gasteiger partial charge in [-0.15, -0.1) is 0 Å². The van der Waals surface area contributed by atoms with E-state index in [1.807, 2.05) is 0 Å². The number of halogens is 3. The van der Waals surface area contributed by atoms with Crippen molar-refractivity contribution in [3.05, 3.63) is 36.3 Å². The Hall–Kier alpha value is -2.71. The van der Waals surface area contributed by atoms with Gasteiger partial charge in [-0.25, -0.2) is 9.97 Å². The molecule has 2 heterocycles. The van der Waals surface area contributed by atoms with E-state index in [-0.39, 0.29) is 17.7 Å². The van der Waals surface area contributed by atoms with Crippen LogP contribution in [0.15, 0.2) is 30.6 Å². The van der Waals surface area contributed by atoms with E-state index in [4.69, 9.17) is 5.73 Å². The molecule has 0 spiro atoms. The smallest absolute Gasteiger partial charge is 0.369 e. The summed E-state index contributed by atoms with van der Waals surface area (Å²) < 4.78 is 39.7. The number of primary amides is 1.